The number of hydrogen-bond acceptors (Lipinski definition) is 6. The van der Waals surface area contributed by atoms with Crippen molar-refractivity contribution in [2.24, 2.45) is 5.92 Å². The summed E-state index contributed by atoms with van der Waals surface area (Å²) in [6.45, 7) is 0.514. The van der Waals surface area contributed by atoms with E-state index in [1.807, 2.05) is 6.26 Å². The molecule has 0 aliphatic carbocycles. The van der Waals surface area contributed by atoms with E-state index in [0.29, 0.717) is 24.2 Å². The summed E-state index contributed by atoms with van der Waals surface area (Å²) in [4.78, 5) is 14.1. The molecule has 11 heteroatoms. The number of amides is 1. The molecule has 8 nitrogen and oxygen atoms in total. The highest BCUT2D eigenvalue weighted by molar-refractivity contribution is 7.98. The zero-order chi connectivity index (χ0) is 25.8. The highest BCUT2D eigenvalue weighted by atomic mass is 32.2. The van der Waals surface area contributed by atoms with E-state index >= 15 is 0 Å². The first-order chi connectivity index (χ1) is 17.2. The molecule has 1 fully saturated rings. The molecule has 190 valence electrons. The summed E-state index contributed by atoms with van der Waals surface area (Å²) in [6.07, 6.45) is 2.74. The minimum Gasteiger partial charge on any atom is -0.326 e. The summed E-state index contributed by atoms with van der Waals surface area (Å²) in [7, 11) is -7.36. The Morgan fingerprint density at radius 3 is 1.97 bits per heavy atom. The fourth-order valence-electron chi connectivity index (χ4n) is 3.94. The molecular weight excluding hydrogens is 518 g/mol. The molecule has 36 heavy (non-hydrogen) atoms. The Hall–Kier alpha value is -2.86. The highest BCUT2D eigenvalue weighted by Gasteiger charge is 2.32. The number of carbonyl (C=O) groups is 1. The fraction of sp³-hybridized carbons (Fsp3) is 0.240. The summed E-state index contributed by atoms with van der Waals surface area (Å²) >= 11 is 1.54. The van der Waals surface area contributed by atoms with Crippen molar-refractivity contribution in [1.82, 2.24) is 4.31 Å². The van der Waals surface area contributed by atoms with Crippen molar-refractivity contribution in [3.63, 3.8) is 0 Å². The molecule has 1 heterocycles. The average molecular weight is 546 g/mol. The Kier molecular flexibility index (Phi) is 8.04. The SMILES string of the molecule is CSc1ccc(S(=O)(=O)N2CCC(C(=O)Nc3ccc(S(=O)(=O)Nc4ccccc4)cc3)CC2)cc1. The summed E-state index contributed by atoms with van der Waals surface area (Å²) in [6, 6.07) is 21.3. The van der Waals surface area contributed by atoms with Crippen molar-refractivity contribution in [2.75, 3.05) is 29.4 Å². The van der Waals surface area contributed by atoms with Crippen LogP contribution in [-0.4, -0.2) is 46.4 Å². The van der Waals surface area contributed by atoms with Gasteiger partial charge in [-0.2, -0.15) is 4.31 Å². The largest absolute Gasteiger partial charge is 0.326 e. The van der Waals surface area contributed by atoms with Gasteiger partial charge >= 0.3 is 0 Å². The van der Waals surface area contributed by atoms with Crippen LogP contribution in [0, 0.1) is 5.92 Å². The van der Waals surface area contributed by atoms with Gasteiger partial charge in [-0.1, -0.05) is 18.2 Å². The van der Waals surface area contributed by atoms with Crippen molar-refractivity contribution < 1.29 is 21.6 Å². The molecule has 3 aromatic carbocycles. The van der Waals surface area contributed by atoms with Crippen LogP contribution in [0.5, 0.6) is 0 Å². The summed E-state index contributed by atoms with van der Waals surface area (Å²) < 4.78 is 55.0. The number of carbonyl (C=O) groups excluding carboxylic acids is 1. The Balaban J connectivity index is 1.33. The lowest BCUT2D eigenvalue weighted by Gasteiger charge is -2.30. The summed E-state index contributed by atoms with van der Waals surface area (Å²) in [5, 5.41) is 2.81. The van der Waals surface area contributed by atoms with E-state index in [1.165, 1.54) is 28.6 Å². The van der Waals surface area contributed by atoms with Gasteiger partial charge in [-0.25, -0.2) is 16.8 Å². The molecule has 1 saturated heterocycles. The van der Waals surface area contributed by atoms with Gasteiger partial charge in [0.2, 0.25) is 15.9 Å². The van der Waals surface area contributed by atoms with E-state index in [1.54, 1.807) is 66.4 Å². The molecule has 0 radical (unpaired) electrons. The van der Waals surface area contributed by atoms with E-state index < -0.39 is 20.0 Å². The predicted molar refractivity (Wildman–Crippen MR) is 142 cm³/mol. The smallest absolute Gasteiger partial charge is 0.261 e. The third-order valence-electron chi connectivity index (χ3n) is 5.98. The molecule has 1 aliphatic heterocycles. The van der Waals surface area contributed by atoms with E-state index in [2.05, 4.69) is 10.0 Å². The summed E-state index contributed by atoms with van der Waals surface area (Å²) in [5.74, 6) is -0.548. The number of nitrogens with zero attached hydrogens (tertiary/aromatic N) is 1. The number of para-hydroxylation sites is 1. The van der Waals surface area contributed by atoms with Crippen molar-refractivity contribution in [2.45, 2.75) is 27.5 Å². The first kappa shape index (κ1) is 26.2. The lowest BCUT2D eigenvalue weighted by atomic mass is 9.97. The van der Waals surface area contributed by atoms with Crippen LogP contribution < -0.4 is 10.0 Å². The molecular formula is C25H27N3O5S3. The van der Waals surface area contributed by atoms with Gasteiger partial charge in [0.05, 0.1) is 9.79 Å². The molecule has 4 rings (SSSR count). The van der Waals surface area contributed by atoms with Crippen LogP contribution in [0.1, 0.15) is 12.8 Å². The predicted octanol–water partition coefficient (Wildman–Crippen LogP) is 4.25. The Labute approximate surface area is 216 Å². The molecule has 0 bridgehead atoms. The quantitative estimate of drug-likeness (QED) is 0.409. The van der Waals surface area contributed by atoms with Crippen LogP contribution in [-0.2, 0) is 24.8 Å². The van der Waals surface area contributed by atoms with Gasteiger partial charge in [-0.15, -0.1) is 11.8 Å². The number of sulfonamides is 2. The average Bonchev–Trinajstić information content (AvgIpc) is 2.89. The number of piperidine rings is 1. The molecule has 3 aromatic rings. The third-order valence-corrected chi connectivity index (χ3v) is 10.0. The molecule has 2 N–H and O–H groups in total. The molecule has 0 unspecified atom stereocenters. The monoisotopic (exact) mass is 545 g/mol. The number of hydrogen-bond donors (Lipinski definition) is 2. The maximum atomic E-state index is 12.9. The van der Waals surface area contributed by atoms with Crippen molar-refractivity contribution in [1.29, 1.82) is 0 Å². The van der Waals surface area contributed by atoms with E-state index in [0.717, 1.165) is 4.90 Å². The first-order valence-corrected chi connectivity index (χ1v) is 15.5. The van der Waals surface area contributed by atoms with Gasteiger partial charge in [0.25, 0.3) is 10.0 Å². The molecule has 0 atom stereocenters. The van der Waals surface area contributed by atoms with E-state index in [9.17, 15) is 21.6 Å². The lowest BCUT2D eigenvalue weighted by Crippen LogP contribution is -2.41. The normalized spacial score (nSPS) is 15.4. The second kappa shape index (κ2) is 11.0. The van der Waals surface area contributed by atoms with Crippen molar-refractivity contribution in [3.8, 4) is 0 Å². The van der Waals surface area contributed by atoms with Crippen LogP contribution in [0.2, 0.25) is 0 Å². The Morgan fingerprint density at radius 1 is 0.806 bits per heavy atom. The van der Waals surface area contributed by atoms with Crippen LogP contribution in [0.3, 0.4) is 0 Å². The first-order valence-electron chi connectivity index (χ1n) is 11.3. The molecule has 0 aromatic heterocycles. The topological polar surface area (TPSA) is 113 Å². The van der Waals surface area contributed by atoms with Crippen LogP contribution in [0.15, 0.2) is 93.5 Å². The minimum absolute atomic E-state index is 0.0773. The number of benzene rings is 3. The van der Waals surface area contributed by atoms with Gasteiger partial charge in [-0.05, 0) is 79.8 Å². The number of anilines is 2. The fourth-order valence-corrected chi connectivity index (χ4v) is 6.87. The third kappa shape index (κ3) is 6.09. The minimum atomic E-state index is -3.75. The van der Waals surface area contributed by atoms with Crippen LogP contribution in [0.4, 0.5) is 11.4 Å². The maximum absolute atomic E-state index is 12.9. The second-order valence-corrected chi connectivity index (χ2v) is 12.8. The molecule has 0 spiro atoms. The van der Waals surface area contributed by atoms with Gasteiger partial charge < -0.3 is 5.32 Å². The standard InChI is InChI=1S/C25H27N3O5S3/c1-34-22-9-13-24(14-10-22)36(32,33)28-17-15-19(16-18-28)25(29)26-20-7-11-23(12-8-20)35(30,31)27-21-5-3-2-4-6-21/h2-14,19,27H,15-18H2,1H3,(H,26,29). The zero-order valence-electron chi connectivity index (χ0n) is 19.6. The highest BCUT2D eigenvalue weighted by Crippen LogP contribution is 2.26. The second-order valence-electron chi connectivity index (χ2n) is 8.34. The summed E-state index contributed by atoms with van der Waals surface area (Å²) in [5.41, 5.74) is 0.933. The van der Waals surface area contributed by atoms with Gasteiger partial charge in [0.1, 0.15) is 0 Å². The van der Waals surface area contributed by atoms with E-state index in [4.69, 9.17) is 0 Å². The Bertz CT molecular complexity index is 1400. The van der Waals surface area contributed by atoms with Gasteiger partial charge in [-0.3, -0.25) is 9.52 Å². The van der Waals surface area contributed by atoms with Crippen molar-refractivity contribution in [3.05, 3.63) is 78.9 Å². The van der Waals surface area contributed by atoms with Crippen molar-refractivity contribution >= 4 is 49.1 Å². The van der Waals surface area contributed by atoms with Crippen LogP contribution >= 0.6 is 11.8 Å². The number of rotatable bonds is 8. The van der Waals surface area contributed by atoms with Crippen LogP contribution in [0.25, 0.3) is 0 Å². The number of nitrogens with one attached hydrogen (secondary N) is 2. The molecule has 1 amide bonds. The lowest BCUT2D eigenvalue weighted by molar-refractivity contribution is -0.120. The van der Waals surface area contributed by atoms with E-state index in [-0.39, 0.29) is 34.7 Å². The zero-order valence-corrected chi connectivity index (χ0v) is 22.1. The maximum Gasteiger partial charge on any atom is 0.261 e. The Morgan fingerprint density at radius 2 is 1.39 bits per heavy atom. The van der Waals surface area contributed by atoms with Gasteiger partial charge in [0, 0.05) is 35.3 Å². The molecule has 0 saturated carbocycles. The molecule has 1 aliphatic rings. The van der Waals surface area contributed by atoms with Gasteiger partial charge in [0.15, 0.2) is 0 Å². The number of thioether (sulfide) groups is 1.